The highest BCUT2D eigenvalue weighted by molar-refractivity contribution is 6.31. The molecule has 0 spiro atoms. The quantitative estimate of drug-likeness (QED) is 0.725. The molecule has 0 amide bonds. The predicted molar refractivity (Wildman–Crippen MR) is 92.0 cm³/mol. The zero-order valence-corrected chi connectivity index (χ0v) is 13.4. The second kappa shape index (κ2) is 6.01. The Morgan fingerprint density at radius 3 is 2.48 bits per heavy atom. The highest BCUT2D eigenvalue weighted by atomic mass is 35.5. The molecule has 0 atom stereocenters. The Hall–Kier alpha value is -2.40. The van der Waals surface area contributed by atoms with Crippen molar-refractivity contribution >= 4 is 34.1 Å². The molecule has 0 bridgehead atoms. The van der Waals surface area contributed by atoms with Crippen molar-refractivity contribution in [2.45, 2.75) is 0 Å². The fourth-order valence-electron chi connectivity index (χ4n) is 3.04. The highest BCUT2D eigenvalue weighted by Crippen LogP contribution is 2.27. The third-order valence-electron chi connectivity index (χ3n) is 4.19. The maximum absolute atomic E-state index is 6.09. The molecule has 3 heterocycles. The average molecular weight is 327 g/mol. The number of hydrogen-bond donors (Lipinski definition) is 0. The first-order chi connectivity index (χ1) is 11.3. The van der Waals surface area contributed by atoms with E-state index in [0.717, 1.165) is 42.7 Å². The zero-order chi connectivity index (χ0) is 15.6. The number of rotatable bonds is 2. The van der Waals surface area contributed by atoms with E-state index in [4.69, 9.17) is 11.6 Å². The van der Waals surface area contributed by atoms with Gasteiger partial charge >= 0.3 is 0 Å². The SMILES string of the molecule is Clc1ccc2c(N3CCN(c4ncccn4)CC3)cc[nH+]c2c1. The van der Waals surface area contributed by atoms with Gasteiger partial charge in [-0.2, -0.15) is 0 Å². The van der Waals surface area contributed by atoms with Crippen molar-refractivity contribution < 1.29 is 4.98 Å². The summed E-state index contributed by atoms with van der Waals surface area (Å²) >= 11 is 6.09. The number of H-pyrrole nitrogens is 1. The van der Waals surface area contributed by atoms with Crippen LogP contribution in [0, 0.1) is 0 Å². The molecule has 1 aromatic carbocycles. The lowest BCUT2D eigenvalue weighted by Crippen LogP contribution is -2.47. The van der Waals surface area contributed by atoms with Gasteiger partial charge in [-0.25, -0.2) is 15.0 Å². The normalized spacial score (nSPS) is 15.2. The summed E-state index contributed by atoms with van der Waals surface area (Å²) in [7, 11) is 0. The van der Waals surface area contributed by atoms with Gasteiger partial charge in [-0.15, -0.1) is 0 Å². The minimum atomic E-state index is 0.747. The molecule has 5 nitrogen and oxygen atoms in total. The molecule has 1 saturated heterocycles. The van der Waals surface area contributed by atoms with Crippen molar-refractivity contribution in [3.63, 3.8) is 0 Å². The van der Waals surface area contributed by atoms with E-state index in [1.165, 1.54) is 11.1 Å². The van der Waals surface area contributed by atoms with Gasteiger partial charge in [0, 0.05) is 55.7 Å². The molecular weight excluding hydrogens is 310 g/mol. The Kier molecular flexibility index (Phi) is 3.71. The van der Waals surface area contributed by atoms with Crippen molar-refractivity contribution in [3.8, 4) is 0 Å². The van der Waals surface area contributed by atoms with Crippen molar-refractivity contribution in [1.29, 1.82) is 0 Å². The maximum atomic E-state index is 6.09. The standard InChI is InChI=1S/C17H16ClN5/c18-13-2-3-14-15(12-13)19-7-4-16(14)22-8-10-23(11-9-22)17-20-5-1-6-21-17/h1-7,12H,8-11H2/p+1. The van der Waals surface area contributed by atoms with Crippen LogP contribution in [-0.2, 0) is 0 Å². The largest absolute Gasteiger partial charge is 0.367 e. The third kappa shape index (κ3) is 2.80. The molecule has 1 fully saturated rings. The van der Waals surface area contributed by atoms with Gasteiger partial charge in [0.15, 0.2) is 6.20 Å². The molecule has 4 rings (SSSR count). The van der Waals surface area contributed by atoms with Gasteiger partial charge in [-0.3, -0.25) is 0 Å². The van der Waals surface area contributed by atoms with Gasteiger partial charge in [0.1, 0.15) is 0 Å². The molecular formula is C17H17ClN5+. The van der Waals surface area contributed by atoms with Crippen LogP contribution in [0.3, 0.4) is 0 Å². The molecule has 2 aromatic heterocycles. The Balaban J connectivity index is 1.57. The number of pyridine rings is 1. The van der Waals surface area contributed by atoms with E-state index in [-0.39, 0.29) is 0 Å². The summed E-state index contributed by atoms with van der Waals surface area (Å²) in [5.41, 5.74) is 2.30. The fraction of sp³-hybridized carbons (Fsp3) is 0.235. The topological polar surface area (TPSA) is 46.4 Å². The zero-order valence-electron chi connectivity index (χ0n) is 12.6. The second-order valence-electron chi connectivity index (χ2n) is 5.58. The monoisotopic (exact) mass is 326 g/mol. The van der Waals surface area contributed by atoms with E-state index in [1.807, 2.05) is 24.4 Å². The molecule has 0 saturated carbocycles. The smallest absolute Gasteiger partial charge is 0.225 e. The summed E-state index contributed by atoms with van der Waals surface area (Å²) in [6.45, 7) is 3.72. The third-order valence-corrected chi connectivity index (χ3v) is 4.43. The minimum Gasteiger partial charge on any atom is -0.367 e. The number of nitrogens with one attached hydrogen (secondary N) is 1. The number of anilines is 2. The second-order valence-corrected chi connectivity index (χ2v) is 6.01. The van der Waals surface area contributed by atoms with Gasteiger partial charge in [0.25, 0.3) is 0 Å². The van der Waals surface area contributed by atoms with Crippen molar-refractivity contribution in [1.82, 2.24) is 9.97 Å². The maximum Gasteiger partial charge on any atom is 0.225 e. The van der Waals surface area contributed by atoms with Crippen LogP contribution in [0.5, 0.6) is 0 Å². The van der Waals surface area contributed by atoms with Crippen LogP contribution < -0.4 is 14.8 Å². The molecule has 23 heavy (non-hydrogen) atoms. The van der Waals surface area contributed by atoms with Gasteiger partial charge in [-0.05, 0) is 18.2 Å². The van der Waals surface area contributed by atoms with Gasteiger partial charge in [-0.1, -0.05) is 11.6 Å². The van der Waals surface area contributed by atoms with Crippen LogP contribution >= 0.6 is 11.6 Å². The number of hydrogen-bond acceptors (Lipinski definition) is 4. The average Bonchev–Trinajstić information content (AvgIpc) is 2.62. The highest BCUT2D eigenvalue weighted by Gasteiger charge is 2.21. The minimum absolute atomic E-state index is 0.747. The van der Waals surface area contributed by atoms with E-state index in [9.17, 15) is 0 Å². The first-order valence-corrected chi connectivity index (χ1v) is 8.06. The van der Waals surface area contributed by atoms with E-state index < -0.39 is 0 Å². The number of halogens is 1. The van der Waals surface area contributed by atoms with E-state index in [1.54, 1.807) is 12.4 Å². The van der Waals surface area contributed by atoms with Crippen LogP contribution in [0.1, 0.15) is 0 Å². The number of piperazine rings is 1. The summed E-state index contributed by atoms with van der Waals surface area (Å²) in [5.74, 6) is 0.810. The number of nitrogens with zero attached hydrogens (tertiary/aromatic N) is 4. The summed E-state index contributed by atoms with van der Waals surface area (Å²) in [4.78, 5) is 16.6. The summed E-state index contributed by atoms with van der Waals surface area (Å²) in [6.07, 6.45) is 5.55. The molecule has 3 aromatic rings. The molecule has 116 valence electrons. The summed E-state index contributed by atoms with van der Waals surface area (Å²) in [5, 5.41) is 1.94. The van der Waals surface area contributed by atoms with Gasteiger partial charge in [0.2, 0.25) is 11.5 Å². The van der Waals surface area contributed by atoms with Crippen LogP contribution in [0.15, 0.2) is 48.9 Å². The van der Waals surface area contributed by atoms with Crippen molar-refractivity contribution in [3.05, 3.63) is 53.9 Å². The molecule has 1 N–H and O–H groups in total. The first-order valence-electron chi connectivity index (χ1n) is 7.68. The van der Waals surface area contributed by atoms with Gasteiger partial charge < -0.3 is 9.80 Å². The molecule has 0 unspecified atom stereocenters. The van der Waals surface area contributed by atoms with Gasteiger partial charge in [0.05, 0.1) is 11.1 Å². The molecule has 1 aliphatic rings. The van der Waals surface area contributed by atoms with E-state index in [2.05, 4.69) is 36.9 Å². The van der Waals surface area contributed by atoms with Crippen LogP contribution in [0.4, 0.5) is 11.6 Å². The Labute approximate surface area is 139 Å². The number of aromatic amines is 1. The Morgan fingerprint density at radius 2 is 1.70 bits per heavy atom. The molecule has 1 aliphatic heterocycles. The predicted octanol–water partition coefficient (Wildman–Crippen LogP) is 2.42. The summed E-state index contributed by atoms with van der Waals surface area (Å²) < 4.78 is 0. The number of aromatic nitrogens is 3. The molecule has 6 heteroatoms. The molecule has 0 radical (unpaired) electrons. The fourth-order valence-corrected chi connectivity index (χ4v) is 3.21. The first kappa shape index (κ1) is 14.2. The lowest BCUT2D eigenvalue weighted by Gasteiger charge is -2.36. The van der Waals surface area contributed by atoms with Crippen LogP contribution in [0.25, 0.3) is 10.9 Å². The number of benzene rings is 1. The number of fused-ring (bicyclic) bond motifs is 1. The van der Waals surface area contributed by atoms with Crippen LogP contribution in [-0.4, -0.2) is 36.1 Å². The van der Waals surface area contributed by atoms with Crippen molar-refractivity contribution in [2.24, 2.45) is 0 Å². The Morgan fingerprint density at radius 1 is 0.957 bits per heavy atom. The van der Waals surface area contributed by atoms with E-state index >= 15 is 0 Å². The Bertz CT molecular complexity index is 816. The molecule has 0 aliphatic carbocycles. The van der Waals surface area contributed by atoms with Crippen LogP contribution in [0.2, 0.25) is 5.02 Å². The lowest BCUT2D eigenvalue weighted by atomic mass is 10.1. The van der Waals surface area contributed by atoms with E-state index in [0.29, 0.717) is 0 Å². The lowest BCUT2D eigenvalue weighted by molar-refractivity contribution is -0.344. The summed E-state index contributed by atoms with van der Waals surface area (Å²) in [6, 6.07) is 9.96. The van der Waals surface area contributed by atoms with Crippen molar-refractivity contribution in [2.75, 3.05) is 36.0 Å².